The minimum atomic E-state index is -0.150. The molecule has 5 heteroatoms. The predicted octanol–water partition coefficient (Wildman–Crippen LogP) is 2.97. The van der Waals surface area contributed by atoms with Gasteiger partial charge in [0, 0.05) is 13.0 Å². The summed E-state index contributed by atoms with van der Waals surface area (Å²) in [4.78, 5) is 29.0. The van der Waals surface area contributed by atoms with E-state index in [-0.39, 0.29) is 23.9 Å². The van der Waals surface area contributed by atoms with Crippen LogP contribution >= 0.6 is 0 Å². The van der Waals surface area contributed by atoms with Gasteiger partial charge in [0.15, 0.2) is 0 Å². The van der Waals surface area contributed by atoms with Crippen LogP contribution in [0.2, 0.25) is 0 Å². The highest BCUT2D eigenvalue weighted by Crippen LogP contribution is 2.12. The number of aryl methyl sites for hydroxylation is 2. The van der Waals surface area contributed by atoms with Crippen LogP contribution in [-0.4, -0.2) is 15.5 Å². The highest BCUT2D eigenvalue weighted by molar-refractivity contribution is 5.77. The lowest BCUT2D eigenvalue weighted by atomic mass is 10.1. The molecule has 0 bridgehead atoms. The van der Waals surface area contributed by atoms with Gasteiger partial charge in [-0.1, -0.05) is 42.5 Å². The summed E-state index contributed by atoms with van der Waals surface area (Å²) in [6.45, 7) is 3.98. The number of para-hydroxylation sites is 2. The number of rotatable bonds is 5. The Kier molecular flexibility index (Phi) is 4.93. The van der Waals surface area contributed by atoms with Gasteiger partial charge in [-0.25, -0.2) is 4.98 Å². The van der Waals surface area contributed by atoms with Crippen molar-refractivity contribution in [1.29, 1.82) is 0 Å². The van der Waals surface area contributed by atoms with Crippen molar-refractivity contribution in [2.45, 2.75) is 32.9 Å². The number of carbonyl (C=O) groups is 1. The Bertz CT molecular complexity index is 948. The van der Waals surface area contributed by atoms with E-state index in [1.54, 1.807) is 11.5 Å². The summed E-state index contributed by atoms with van der Waals surface area (Å²) >= 11 is 0. The monoisotopic (exact) mass is 335 g/mol. The quantitative estimate of drug-likeness (QED) is 0.779. The molecule has 0 fully saturated rings. The minimum Gasteiger partial charge on any atom is -0.350 e. The molecule has 0 saturated carbocycles. The van der Waals surface area contributed by atoms with Crippen molar-refractivity contribution >= 4 is 16.9 Å². The molecule has 1 N–H and O–H groups in total. The molecular formula is C20H21N3O2. The number of nitrogens with one attached hydrogen (secondary N) is 1. The van der Waals surface area contributed by atoms with Gasteiger partial charge in [0.1, 0.15) is 5.69 Å². The van der Waals surface area contributed by atoms with E-state index >= 15 is 0 Å². The van der Waals surface area contributed by atoms with Crippen LogP contribution in [-0.2, 0) is 11.3 Å². The van der Waals surface area contributed by atoms with Gasteiger partial charge in [0.2, 0.25) is 5.91 Å². The molecule has 1 amide bonds. The Hall–Kier alpha value is -2.95. The van der Waals surface area contributed by atoms with Gasteiger partial charge >= 0.3 is 0 Å². The largest absolute Gasteiger partial charge is 0.350 e. The number of carbonyl (C=O) groups excluding carboxylic acids is 1. The first-order valence-electron chi connectivity index (χ1n) is 8.37. The zero-order valence-electron chi connectivity index (χ0n) is 14.4. The molecule has 0 spiro atoms. The Morgan fingerprint density at radius 2 is 1.80 bits per heavy atom. The molecule has 1 atom stereocenters. The number of fused-ring (bicyclic) bond motifs is 1. The number of nitrogens with zero attached hydrogens (tertiary/aromatic N) is 2. The highest BCUT2D eigenvalue weighted by Gasteiger charge is 2.12. The van der Waals surface area contributed by atoms with Gasteiger partial charge in [-0.3, -0.25) is 9.59 Å². The standard InChI is InChI=1S/C20H21N3O2/c1-14(16-8-4-3-5-9-16)22-19(24)12-13-23-18-11-7-6-10-17(18)21-15(2)20(23)25/h3-11,14H,12-13H2,1-2H3,(H,22,24)/t14-/m1/s1. The molecule has 1 aromatic heterocycles. The van der Waals surface area contributed by atoms with Gasteiger partial charge in [-0.2, -0.15) is 0 Å². The number of hydrogen-bond donors (Lipinski definition) is 1. The highest BCUT2D eigenvalue weighted by atomic mass is 16.2. The first-order valence-corrected chi connectivity index (χ1v) is 8.37. The van der Waals surface area contributed by atoms with Crippen LogP contribution in [0.25, 0.3) is 11.0 Å². The smallest absolute Gasteiger partial charge is 0.272 e. The van der Waals surface area contributed by atoms with E-state index in [0.29, 0.717) is 12.2 Å². The second kappa shape index (κ2) is 7.30. The van der Waals surface area contributed by atoms with Crippen LogP contribution in [0, 0.1) is 6.92 Å². The van der Waals surface area contributed by atoms with E-state index in [4.69, 9.17) is 0 Å². The number of amides is 1. The van der Waals surface area contributed by atoms with Gasteiger partial charge in [-0.05, 0) is 31.5 Å². The van der Waals surface area contributed by atoms with Gasteiger partial charge in [-0.15, -0.1) is 0 Å². The predicted molar refractivity (Wildman–Crippen MR) is 98.4 cm³/mol. The Balaban J connectivity index is 1.73. The van der Waals surface area contributed by atoms with Crippen LogP contribution in [0.5, 0.6) is 0 Å². The normalized spacial score (nSPS) is 12.1. The van der Waals surface area contributed by atoms with Gasteiger partial charge in [0.25, 0.3) is 5.56 Å². The van der Waals surface area contributed by atoms with E-state index in [1.807, 2.05) is 61.5 Å². The Morgan fingerprint density at radius 1 is 1.12 bits per heavy atom. The minimum absolute atomic E-state index is 0.0682. The molecule has 0 unspecified atom stereocenters. The molecule has 0 aliphatic heterocycles. The summed E-state index contributed by atoms with van der Waals surface area (Å²) in [6, 6.07) is 17.2. The Labute approximate surface area is 146 Å². The van der Waals surface area contributed by atoms with Crippen molar-refractivity contribution in [1.82, 2.24) is 14.9 Å². The van der Waals surface area contributed by atoms with E-state index in [2.05, 4.69) is 10.3 Å². The van der Waals surface area contributed by atoms with Crippen molar-refractivity contribution in [2.24, 2.45) is 0 Å². The number of benzene rings is 2. The zero-order chi connectivity index (χ0) is 17.8. The maximum Gasteiger partial charge on any atom is 0.272 e. The molecular weight excluding hydrogens is 314 g/mol. The summed E-state index contributed by atoms with van der Waals surface area (Å²) < 4.78 is 1.63. The molecule has 0 aliphatic rings. The van der Waals surface area contributed by atoms with Crippen LogP contribution < -0.4 is 10.9 Å². The third kappa shape index (κ3) is 3.76. The molecule has 1 heterocycles. The maximum atomic E-state index is 12.4. The van der Waals surface area contributed by atoms with Crippen molar-refractivity contribution in [3.8, 4) is 0 Å². The SMILES string of the molecule is Cc1nc2ccccc2n(CCC(=O)N[C@H](C)c2ccccc2)c1=O. The van der Waals surface area contributed by atoms with E-state index in [9.17, 15) is 9.59 Å². The third-order valence-electron chi connectivity index (χ3n) is 4.25. The van der Waals surface area contributed by atoms with Crippen LogP contribution in [0.1, 0.15) is 30.6 Å². The van der Waals surface area contributed by atoms with E-state index in [0.717, 1.165) is 16.6 Å². The van der Waals surface area contributed by atoms with E-state index < -0.39 is 0 Å². The fourth-order valence-corrected chi connectivity index (χ4v) is 2.89. The summed E-state index contributed by atoms with van der Waals surface area (Å²) in [7, 11) is 0. The lowest BCUT2D eigenvalue weighted by Crippen LogP contribution is -2.30. The summed E-state index contributed by atoms with van der Waals surface area (Å²) in [5.74, 6) is -0.0817. The molecule has 0 aliphatic carbocycles. The van der Waals surface area contributed by atoms with Gasteiger partial charge in [0.05, 0.1) is 17.1 Å². The first kappa shape index (κ1) is 16.9. The molecule has 3 rings (SSSR count). The lowest BCUT2D eigenvalue weighted by Gasteiger charge is -2.15. The lowest BCUT2D eigenvalue weighted by molar-refractivity contribution is -0.121. The number of hydrogen-bond acceptors (Lipinski definition) is 3. The molecule has 0 saturated heterocycles. The van der Waals surface area contributed by atoms with Crippen LogP contribution in [0.15, 0.2) is 59.4 Å². The molecule has 5 nitrogen and oxygen atoms in total. The van der Waals surface area contributed by atoms with Crippen molar-refractivity contribution in [3.05, 3.63) is 76.2 Å². The zero-order valence-corrected chi connectivity index (χ0v) is 14.4. The second-order valence-corrected chi connectivity index (χ2v) is 6.09. The molecule has 25 heavy (non-hydrogen) atoms. The molecule has 3 aromatic rings. The second-order valence-electron chi connectivity index (χ2n) is 6.09. The number of aromatic nitrogens is 2. The molecule has 0 radical (unpaired) electrons. The summed E-state index contributed by atoms with van der Waals surface area (Å²) in [5, 5.41) is 2.98. The maximum absolute atomic E-state index is 12.4. The fourth-order valence-electron chi connectivity index (χ4n) is 2.89. The van der Waals surface area contributed by atoms with Gasteiger partial charge < -0.3 is 9.88 Å². The Morgan fingerprint density at radius 3 is 2.56 bits per heavy atom. The van der Waals surface area contributed by atoms with E-state index in [1.165, 1.54) is 0 Å². The van der Waals surface area contributed by atoms with Crippen LogP contribution in [0.3, 0.4) is 0 Å². The summed E-state index contributed by atoms with van der Waals surface area (Å²) in [5.41, 5.74) is 2.86. The molecule has 2 aromatic carbocycles. The average molecular weight is 335 g/mol. The topological polar surface area (TPSA) is 64.0 Å². The first-order chi connectivity index (χ1) is 12.1. The fraction of sp³-hybridized carbons (Fsp3) is 0.250. The van der Waals surface area contributed by atoms with Crippen molar-refractivity contribution < 1.29 is 4.79 Å². The van der Waals surface area contributed by atoms with Crippen LogP contribution in [0.4, 0.5) is 0 Å². The third-order valence-corrected chi connectivity index (χ3v) is 4.25. The summed E-state index contributed by atoms with van der Waals surface area (Å²) in [6.07, 6.45) is 0.241. The van der Waals surface area contributed by atoms with Crippen molar-refractivity contribution in [2.75, 3.05) is 0 Å². The average Bonchev–Trinajstić information content (AvgIpc) is 2.63. The molecule has 128 valence electrons. The van der Waals surface area contributed by atoms with Crippen molar-refractivity contribution in [3.63, 3.8) is 0 Å².